The molecule has 2 atom stereocenters. The number of nitrogens with zero attached hydrogens (tertiary/aromatic N) is 4. The van der Waals surface area contributed by atoms with Gasteiger partial charge in [-0.3, -0.25) is 9.58 Å². The summed E-state index contributed by atoms with van der Waals surface area (Å²) in [4.78, 5) is 2.58. The lowest BCUT2D eigenvalue weighted by molar-refractivity contribution is 0.0715. The van der Waals surface area contributed by atoms with Gasteiger partial charge in [0.2, 0.25) is 0 Å². The molecule has 0 radical (unpaired) electrons. The van der Waals surface area contributed by atoms with Crippen LogP contribution in [-0.4, -0.2) is 44.6 Å². The number of aromatic nitrogens is 3. The van der Waals surface area contributed by atoms with Crippen LogP contribution in [0.4, 0.5) is 0 Å². The van der Waals surface area contributed by atoms with Crippen molar-refractivity contribution in [3.8, 4) is 0 Å². The minimum atomic E-state index is 0.229. The minimum Gasteiger partial charge on any atom is -0.309 e. The van der Waals surface area contributed by atoms with Gasteiger partial charge in [-0.25, -0.2) is 0 Å². The lowest BCUT2D eigenvalue weighted by Crippen LogP contribution is -2.62. The highest BCUT2D eigenvalue weighted by atomic mass is 15.4. The maximum atomic E-state index is 4.23. The van der Waals surface area contributed by atoms with Gasteiger partial charge < -0.3 is 5.32 Å². The van der Waals surface area contributed by atoms with Gasteiger partial charge in [-0.1, -0.05) is 25.5 Å². The van der Waals surface area contributed by atoms with E-state index in [1.54, 1.807) is 4.68 Å². The number of nitrogens with one attached hydrogen (secondary N) is 1. The van der Waals surface area contributed by atoms with Crippen molar-refractivity contribution < 1.29 is 0 Å². The average molecular weight is 265 g/mol. The predicted octanol–water partition coefficient (Wildman–Crippen LogP) is 1.56. The van der Waals surface area contributed by atoms with Crippen molar-refractivity contribution in [2.45, 2.75) is 58.2 Å². The summed E-state index contributed by atoms with van der Waals surface area (Å²) in [5.74, 6) is 0. The SMILES string of the molecule is CCCC1CNC(C)(CC)CN1Cc1cn(C)nn1. The summed E-state index contributed by atoms with van der Waals surface area (Å²) in [6, 6.07) is 0.617. The molecule has 0 aromatic carbocycles. The lowest BCUT2D eigenvalue weighted by atomic mass is 9.92. The molecule has 1 aromatic rings. The Morgan fingerprint density at radius 2 is 2.26 bits per heavy atom. The Hall–Kier alpha value is -0.940. The predicted molar refractivity (Wildman–Crippen MR) is 76.8 cm³/mol. The molecular weight excluding hydrogens is 238 g/mol. The topological polar surface area (TPSA) is 46.0 Å². The van der Waals surface area contributed by atoms with Crippen LogP contribution in [0.2, 0.25) is 0 Å². The van der Waals surface area contributed by atoms with E-state index >= 15 is 0 Å². The number of hydrogen-bond acceptors (Lipinski definition) is 4. The second kappa shape index (κ2) is 6.01. The molecule has 0 saturated carbocycles. The molecule has 108 valence electrons. The van der Waals surface area contributed by atoms with Gasteiger partial charge in [0.25, 0.3) is 0 Å². The van der Waals surface area contributed by atoms with Crippen LogP contribution in [-0.2, 0) is 13.6 Å². The number of hydrogen-bond donors (Lipinski definition) is 1. The van der Waals surface area contributed by atoms with Crippen LogP contribution in [0.25, 0.3) is 0 Å². The molecule has 5 heteroatoms. The third-order valence-corrected chi connectivity index (χ3v) is 4.25. The van der Waals surface area contributed by atoms with Crippen molar-refractivity contribution in [3.63, 3.8) is 0 Å². The highest BCUT2D eigenvalue weighted by molar-refractivity contribution is 4.99. The minimum absolute atomic E-state index is 0.229. The Labute approximate surface area is 116 Å². The Kier molecular flexibility index (Phi) is 4.58. The molecular formula is C14H27N5. The Bertz CT molecular complexity index is 402. The first kappa shape index (κ1) is 14.5. The van der Waals surface area contributed by atoms with E-state index < -0.39 is 0 Å². The second-order valence-electron chi connectivity index (χ2n) is 6.03. The quantitative estimate of drug-likeness (QED) is 0.877. The average Bonchev–Trinajstić information content (AvgIpc) is 2.79. The molecule has 0 amide bonds. The van der Waals surface area contributed by atoms with Crippen LogP contribution in [0.15, 0.2) is 6.20 Å². The molecule has 1 aliphatic rings. The summed E-state index contributed by atoms with van der Waals surface area (Å²) in [6.45, 7) is 9.92. The Balaban J connectivity index is 2.06. The lowest BCUT2D eigenvalue weighted by Gasteiger charge is -2.46. The zero-order valence-electron chi connectivity index (χ0n) is 12.7. The van der Waals surface area contributed by atoms with E-state index in [1.807, 2.05) is 13.2 Å². The number of piperazine rings is 1. The fourth-order valence-corrected chi connectivity index (χ4v) is 2.84. The Morgan fingerprint density at radius 1 is 1.47 bits per heavy atom. The number of aryl methyl sites for hydroxylation is 1. The third-order valence-electron chi connectivity index (χ3n) is 4.25. The summed E-state index contributed by atoms with van der Waals surface area (Å²) in [5, 5.41) is 12.0. The highest BCUT2D eigenvalue weighted by Gasteiger charge is 2.34. The first-order chi connectivity index (χ1) is 9.06. The fraction of sp³-hybridized carbons (Fsp3) is 0.857. The van der Waals surface area contributed by atoms with Gasteiger partial charge in [-0.15, -0.1) is 5.10 Å². The molecule has 2 unspecified atom stereocenters. The maximum absolute atomic E-state index is 4.23. The van der Waals surface area contributed by atoms with Gasteiger partial charge in [-0.05, 0) is 19.8 Å². The summed E-state index contributed by atoms with van der Waals surface area (Å²) < 4.78 is 1.78. The van der Waals surface area contributed by atoms with Gasteiger partial charge in [0.05, 0.1) is 5.69 Å². The van der Waals surface area contributed by atoms with Crippen molar-refractivity contribution in [1.29, 1.82) is 0 Å². The van der Waals surface area contributed by atoms with Crippen molar-refractivity contribution in [2.75, 3.05) is 13.1 Å². The summed E-state index contributed by atoms with van der Waals surface area (Å²) >= 11 is 0. The normalized spacial score (nSPS) is 28.7. The molecule has 1 aromatic heterocycles. The molecule has 1 saturated heterocycles. The van der Waals surface area contributed by atoms with Crippen molar-refractivity contribution in [3.05, 3.63) is 11.9 Å². The van der Waals surface area contributed by atoms with Crippen LogP contribution in [0.3, 0.4) is 0 Å². The van der Waals surface area contributed by atoms with E-state index in [4.69, 9.17) is 0 Å². The van der Waals surface area contributed by atoms with E-state index in [1.165, 1.54) is 12.8 Å². The molecule has 0 spiro atoms. The molecule has 2 heterocycles. The van der Waals surface area contributed by atoms with Gasteiger partial charge in [0, 0.05) is 44.5 Å². The van der Waals surface area contributed by atoms with E-state index in [2.05, 4.69) is 41.3 Å². The standard InChI is InChI=1S/C14H27N5/c1-5-7-13-8-15-14(3,6-2)11-19(13)10-12-9-18(4)17-16-12/h9,13,15H,5-8,10-11H2,1-4H3. The van der Waals surface area contributed by atoms with E-state index in [0.29, 0.717) is 6.04 Å². The van der Waals surface area contributed by atoms with Crippen LogP contribution in [0, 0.1) is 0 Å². The van der Waals surface area contributed by atoms with Crippen LogP contribution in [0.5, 0.6) is 0 Å². The molecule has 0 aliphatic carbocycles. The van der Waals surface area contributed by atoms with Gasteiger partial charge in [0.1, 0.15) is 0 Å². The maximum Gasteiger partial charge on any atom is 0.0967 e. The van der Waals surface area contributed by atoms with E-state index in [0.717, 1.165) is 31.7 Å². The van der Waals surface area contributed by atoms with Crippen LogP contribution < -0.4 is 5.32 Å². The van der Waals surface area contributed by atoms with Gasteiger partial charge >= 0.3 is 0 Å². The summed E-state index contributed by atoms with van der Waals surface area (Å²) in [7, 11) is 1.92. The second-order valence-corrected chi connectivity index (χ2v) is 6.03. The van der Waals surface area contributed by atoms with E-state index in [9.17, 15) is 0 Å². The van der Waals surface area contributed by atoms with E-state index in [-0.39, 0.29) is 5.54 Å². The first-order valence-corrected chi connectivity index (χ1v) is 7.40. The van der Waals surface area contributed by atoms with Crippen molar-refractivity contribution >= 4 is 0 Å². The molecule has 0 bridgehead atoms. The molecule has 1 fully saturated rings. The smallest absolute Gasteiger partial charge is 0.0967 e. The van der Waals surface area contributed by atoms with Crippen LogP contribution >= 0.6 is 0 Å². The molecule has 2 rings (SSSR count). The van der Waals surface area contributed by atoms with Crippen LogP contribution in [0.1, 0.15) is 45.7 Å². The summed E-state index contributed by atoms with van der Waals surface area (Å²) in [5.41, 5.74) is 1.30. The summed E-state index contributed by atoms with van der Waals surface area (Å²) in [6.07, 6.45) is 5.65. The fourth-order valence-electron chi connectivity index (χ4n) is 2.84. The molecule has 1 N–H and O–H groups in total. The van der Waals surface area contributed by atoms with Gasteiger partial charge in [0.15, 0.2) is 0 Å². The number of rotatable bonds is 5. The Morgan fingerprint density at radius 3 is 2.84 bits per heavy atom. The largest absolute Gasteiger partial charge is 0.309 e. The zero-order chi connectivity index (χ0) is 13.9. The molecule has 5 nitrogen and oxygen atoms in total. The monoisotopic (exact) mass is 265 g/mol. The zero-order valence-corrected chi connectivity index (χ0v) is 12.7. The molecule has 19 heavy (non-hydrogen) atoms. The first-order valence-electron chi connectivity index (χ1n) is 7.40. The van der Waals surface area contributed by atoms with Gasteiger partial charge in [-0.2, -0.15) is 0 Å². The third kappa shape index (κ3) is 3.54. The van der Waals surface area contributed by atoms with Crippen molar-refractivity contribution in [2.24, 2.45) is 7.05 Å². The highest BCUT2D eigenvalue weighted by Crippen LogP contribution is 2.22. The van der Waals surface area contributed by atoms with Crippen molar-refractivity contribution in [1.82, 2.24) is 25.2 Å². The molecule has 1 aliphatic heterocycles.